The molecular weight excluding hydrogens is 787 g/mol. The molecule has 296 valence electrons. The maximum absolute atomic E-state index is 13.6. The summed E-state index contributed by atoms with van der Waals surface area (Å²) in [4.78, 5) is 39.1. The summed E-state index contributed by atoms with van der Waals surface area (Å²) < 4.78 is 93.4. The van der Waals surface area contributed by atoms with E-state index in [0.29, 0.717) is 41.3 Å². The fraction of sp³-hybridized carbons (Fsp3) is 0.140. The Labute approximate surface area is 330 Å². The maximum atomic E-state index is 13.6. The van der Waals surface area contributed by atoms with Gasteiger partial charge in [-0.15, -0.1) is 0 Å². The van der Waals surface area contributed by atoms with Gasteiger partial charge in [0.1, 0.15) is 24.7 Å². The van der Waals surface area contributed by atoms with Crippen molar-refractivity contribution in [2.75, 3.05) is 0 Å². The van der Waals surface area contributed by atoms with Gasteiger partial charge in [-0.25, -0.2) is 4.79 Å². The highest BCUT2D eigenvalue weighted by Crippen LogP contribution is 2.39. The number of imide groups is 1. The Balaban J connectivity index is 1.14. The minimum atomic E-state index is -5.01. The Morgan fingerprint density at radius 3 is 1.84 bits per heavy atom. The molecule has 1 N–H and O–H groups in total. The van der Waals surface area contributed by atoms with Crippen LogP contribution < -0.4 is 9.47 Å². The van der Waals surface area contributed by atoms with Gasteiger partial charge in [0.25, 0.3) is 11.1 Å². The molecule has 1 aromatic heterocycles. The lowest BCUT2D eigenvalue weighted by Gasteiger charge is -2.15. The zero-order valence-corrected chi connectivity index (χ0v) is 30.8. The molecule has 8 nitrogen and oxygen atoms in total. The zero-order valence-electron chi connectivity index (χ0n) is 30.0. The number of carbonyl (C=O) groups is 3. The van der Waals surface area contributed by atoms with Crippen LogP contribution in [0.2, 0.25) is 0 Å². The van der Waals surface area contributed by atoms with Crippen LogP contribution in [0.4, 0.5) is 31.1 Å². The van der Waals surface area contributed by atoms with Crippen LogP contribution >= 0.6 is 11.8 Å². The normalized spacial score (nSPS) is 14.1. The molecule has 1 saturated heterocycles. The van der Waals surface area contributed by atoms with Crippen LogP contribution in [-0.2, 0) is 43.5 Å². The van der Waals surface area contributed by atoms with Gasteiger partial charge < -0.3 is 19.1 Å². The summed E-state index contributed by atoms with van der Waals surface area (Å²) in [5, 5.41) is 9.49. The Kier molecular flexibility index (Phi) is 11.1. The van der Waals surface area contributed by atoms with Crippen LogP contribution in [0.3, 0.4) is 0 Å². The third kappa shape index (κ3) is 9.21. The van der Waals surface area contributed by atoms with Crippen molar-refractivity contribution in [3.8, 4) is 11.5 Å². The number of carboxylic acid groups (broad SMARTS) is 1. The van der Waals surface area contributed by atoms with E-state index in [0.717, 1.165) is 38.7 Å². The van der Waals surface area contributed by atoms with Gasteiger partial charge in [-0.05, 0) is 94.7 Å². The molecule has 1 fully saturated rings. The van der Waals surface area contributed by atoms with Crippen molar-refractivity contribution in [2.24, 2.45) is 0 Å². The van der Waals surface area contributed by atoms with Crippen molar-refractivity contribution in [3.05, 3.63) is 171 Å². The summed E-state index contributed by atoms with van der Waals surface area (Å²) in [7, 11) is 0. The van der Waals surface area contributed by atoms with Gasteiger partial charge in [-0.1, -0.05) is 66.7 Å². The quantitative estimate of drug-likeness (QED) is 0.0970. The van der Waals surface area contributed by atoms with Crippen molar-refractivity contribution in [1.82, 2.24) is 9.47 Å². The van der Waals surface area contributed by atoms with Crippen LogP contribution in [0.1, 0.15) is 49.4 Å². The molecule has 5 aromatic carbocycles. The number of amides is 2. The van der Waals surface area contributed by atoms with Crippen molar-refractivity contribution in [3.63, 3.8) is 0 Å². The molecule has 1 aliphatic rings. The number of thioether (sulfide) groups is 1. The molecule has 0 aliphatic carbocycles. The van der Waals surface area contributed by atoms with Gasteiger partial charge in [0.2, 0.25) is 0 Å². The number of ether oxygens (including phenoxy) is 2. The first-order valence-corrected chi connectivity index (χ1v) is 18.3. The third-order valence-electron chi connectivity index (χ3n) is 9.18. The summed E-state index contributed by atoms with van der Waals surface area (Å²) >= 11 is 0.775. The number of aromatic carboxylic acids is 1. The molecule has 0 bridgehead atoms. The van der Waals surface area contributed by atoms with Crippen molar-refractivity contribution in [2.45, 2.75) is 38.7 Å². The number of fused-ring (bicyclic) bond motifs is 1. The number of aromatic nitrogens is 1. The van der Waals surface area contributed by atoms with E-state index in [1.807, 2.05) is 59.2 Å². The first kappa shape index (κ1) is 39.7. The molecule has 1 aliphatic heterocycles. The first-order valence-electron chi connectivity index (χ1n) is 17.5. The monoisotopic (exact) mass is 816 g/mol. The molecular formula is C43H30F6N2O6S. The number of benzene rings is 5. The second-order valence-corrected chi connectivity index (χ2v) is 14.3. The van der Waals surface area contributed by atoms with E-state index in [4.69, 9.17) is 9.47 Å². The van der Waals surface area contributed by atoms with E-state index >= 15 is 0 Å². The molecule has 0 atom stereocenters. The minimum absolute atomic E-state index is 0.0366. The lowest BCUT2D eigenvalue weighted by molar-refractivity contribution is -0.143. The van der Waals surface area contributed by atoms with E-state index in [1.165, 1.54) is 24.3 Å². The lowest BCUT2D eigenvalue weighted by atomic mass is 10.1. The summed E-state index contributed by atoms with van der Waals surface area (Å²) in [6, 6.07) is 30.7. The van der Waals surface area contributed by atoms with Gasteiger partial charge >= 0.3 is 18.3 Å². The zero-order chi connectivity index (χ0) is 41.2. The summed E-state index contributed by atoms with van der Waals surface area (Å²) in [5.74, 6) is -1.60. The highest BCUT2D eigenvalue weighted by atomic mass is 32.2. The summed E-state index contributed by atoms with van der Waals surface area (Å²) in [6.45, 7) is 0.241. The van der Waals surface area contributed by atoms with Crippen LogP contribution in [0.5, 0.6) is 11.5 Å². The van der Waals surface area contributed by atoms with Crippen LogP contribution in [0, 0.1) is 0 Å². The van der Waals surface area contributed by atoms with Gasteiger partial charge in [-0.3, -0.25) is 14.5 Å². The van der Waals surface area contributed by atoms with Gasteiger partial charge in [0, 0.05) is 23.1 Å². The lowest BCUT2D eigenvalue weighted by Crippen LogP contribution is -2.27. The SMILES string of the molecule is O=C(O)c1ccc(CN2C(=O)S/C(=C/c3cc4cc(OCc5ccccc5)ccc4n3Cc3ccc(COc4cc(C(F)(F)F)cc(C(F)(F)F)c4)cc3)C2=O)cc1. The smallest absolute Gasteiger partial charge is 0.416 e. The van der Waals surface area contributed by atoms with Gasteiger partial charge in [-0.2, -0.15) is 26.3 Å². The van der Waals surface area contributed by atoms with Gasteiger partial charge in [0.15, 0.2) is 0 Å². The molecule has 0 unspecified atom stereocenters. The van der Waals surface area contributed by atoms with E-state index in [1.54, 1.807) is 30.3 Å². The Bertz CT molecular complexity index is 2500. The number of hydrogen-bond acceptors (Lipinski definition) is 6. The van der Waals surface area contributed by atoms with Crippen LogP contribution in [0.25, 0.3) is 17.0 Å². The van der Waals surface area contributed by atoms with Crippen LogP contribution in [-0.4, -0.2) is 31.7 Å². The number of carboxylic acids is 1. The fourth-order valence-electron chi connectivity index (χ4n) is 6.20. The number of rotatable bonds is 12. The molecule has 0 spiro atoms. The minimum Gasteiger partial charge on any atom is -0.489 e. The Morgan fingerprint density at radius 2 is 1.22 bits per heavy atom. The van der Waals surface area contributed by atoms with E-state index in [2.05, 4.69) is 0 Å². The number of hydrogen-bond donors (Lipinski definition) is 1. The van der Waals surface area contributed by atoms with Gasteiger partial charge in [0.05, 0.1) is 28.1 Å². The third-order valence-corrected chi connectivity index (χ3v) is 10.1. The summed E-state index contributed by atoms with van der Waals surface area (Å²) in [6.07, 6.45) is -8.40. The Hall–Kier alpha value is -6.48. The van der Waals surface area contributed by atoms with E-state index < -0.39 is 46.3 Å². The number of nitrogens with zero attached hydrogens (tertiary/aromatic N) is 2. The molecule has 0 saturated carbocycles. The van der Waals surface area contributed by atoms with Crippen molar-refractivity contribution >= 4 is 45.9 Å². The molecule has 15 heteroatoms. The molecule has 2 amide bonds. The van der Waals surface area contributed by atoms with Crippen molar-refractivity contribution < 1.29 is 55.3 Å². The fourth-order valence-corrected chi connectivity index (χ4v) is 7.03. The molecule has 58 heavy (non-hydrogen) atoms. The Morgan fingerprint density at radius 1 is 0.655 bits per heavy atom. The van der Waals surface area contributed by atoms with E-state index in [-0.39, 0.29) is 36.2 Å². The van der Waals surface area contributed by atoms with Crippen LogP contribution in [0.15, 0.2) is 126 Å². The molecule has 2 heterocycles. The number of alkyl halides is 6. The predicted molar refractivity (Wildman–Crippen MR) is 204 cm³/mol. The average Bonchev–Trinajstić information content (AvgIpc) is 3.66. The molecule has 0 radical (unpaired) electrons. The highest BCUT2D eigenvalue weighted by molar-refractivity contribution is 8.18. The number of halogens is 6. The molecule has 6 aromatic rings. The molecule has 7 rings (SSSR count). The second kappa shape index (κ2) is 16.2. The van der Waals surface area contributed by atoms with E-state index in [9.17, 15) is 45.8 Å². The largest absolute Gasteiger partial charge is 0.489 e. The first-order chi connectivity index (χ1) is 27.6. The topological polar surface area (TPSA) is 98.1 Å². The van der Waals surface area contributed by atoms with Crippen molar-refractivity contribution in [1.29, 1.82) is 0 Å². The summed E-state index contributed by atoms with van der Waals surface area (Å²) in [5.41, 5.74) is 1.27. The predicted octanol–water partition coefficient (Wildman–Crippen LogP) is 10.8. The maximum Gasteiger partial charge on any atom is 0.416 e. The standard InChI is InChI=1S/C43H30F6N2O6S/c44-42(45,46)32-18-33(43(47,48)49)20-36(19-32)57-25-29-8-6-26(7-9-29)22-50-34(16-31-17-35(14-15-37(31)50)56-24-28-4-2-1-3-5-28)21-38-39(52)51(41(55)58-38)23-27-10-12-30(13-11-27)40(53)54/h1-21H,22-25H2,(H,53,54)/b38-21+. The number of carbonyl (C=O) groups excluding carboxylic acids is 2. The average molecular weight is 817 g/mol. The highest BCUT2D eigenvalue weighted by Gasteiger charge is 2.38. The second-order valence-electron chi connectivity index (χ2n) is 13.3.